The maximum atomic E-state index is 12.4. The van der Waals surface area contributed by atoms with Crippen molar-refractivity contribution in [3.05, 3.63) is 46.8 Å². The van der Waals surface area contributed by atoms with Gasteiger partial charge in [0.1, 0.15) is 5.76 Å². The van der Waals surface area contributed by atoms with Gasteiger partial charge in [0.05, 0.1) is 17.1 Å². The zero-order valence-electron chi connectivity index (χ0n) is 12.3. The zero-order chi connectivity index (χ0) is 15.5. The predicted molar refractivity (Wildman–Crippen MR) is 79.2 cm³/mol. The highest BCUT2D eigenvalue weighted by Gasteiger charge is 2.18. The largest absolute Gasteiger partial charge is 0.361 e. The van der Waals surface area contributed by atoms with Crippen molar-refractivity contribution < 1.29 is 12.9 Å². The van der Waals surface area contributed by atoms with Crippen LogP contribution in [-0.4, -0.2) is 20.6 Å². The summed E-state index contributed by atoms with van der Waals surface area (Å²) in [7, 11) is -1.75. The monoisotopic (exact) mass is 309 g/mol. The molecule has 6 nitrogen and oxygen atoms in total. The molecule has 0 spiro atoms. The first-order chi connectivity index (χ1) is 9.94. The van der Waals surface area contributed by atoms with Gasteiger partial charge >= 0.3 is 0 Å². The highest BCUT2D eigenvalue weighted by molar-refractivity contribution is 7.89. The maximum absolute atomic E-state index is 12.4. The van der Waals surface area contributed by atoms with Gasteiger partial charge in [0.25, 0.3) is 0 Å². The summed E-state index contributed by atoms with van der Waals surface area (Å²) < 4.78 is 32.3. The van der Waals surface area contributed by atoms with Gasteiger partial charge in [-0.05, 0) is 38.1 Å². The number of hydrogen-bond acceptors (Lipinski definition) is 5. The lowest BCUT2D eigenvalue weighted by Crippen LogP contribution is -2.24. The quantitative estimate of drug-likeness (QED) is 0.844. The second kappa shape index (κ2) is 6.38. The summed E-state index contributed by atoms with van der Waals surface area (Å²) in [5, 5.41) is 6.80. The van der Waals surface area contributed by atoms with E-state index in [9.17, 15) is 8.42 Å². The van der Waals surface area contributed by atoms with Gasteiger partial charge in [-0.1, -0.05) is 17.3 Å². The fourth-order valence-electron chi connectivity index (χ4n) is 2.08. The minimum absolute atomic E-state index is 0.107. The molecule has 1 aromatic heterocycles. The van der Waals surface area contributed by atoms with E-state index in [1.807, 2.05) is 20.0 Å². The van der Waals surface area contributed by atoms with Crippen LogP contribution in [0.1, 0.15) is 22.6 Å². The summed E-state index contributed by atoms with van der Waals surface area (Å²) in [4.78, 5) is 0.287. The van der Waals surface area contributed by atoms with E-state index >= 15 is 0 Å². The lowest BCUT2D eigenvalue weighted by atomic mass is 10.1. The van der Waals surface area contributed by atoms with Crippen LogP contribution in [0.3, 0.4) is 0 Å². The molecule has 0 amide bonds. The van der Waals surface area contributed by atoms with Crippen LogP contribution in [0.15, 0.2) is 33.7 Å². The molecule has 1 aromatic carbocycles. The normalized spacial score (nSPS) is 11.8. The number of aryl methyl sites for hydroxylation is 1. The first-order valence-corrected chi connectivity index (χ1v) is 8.07. The molecule has 0 aliphatic heterocycles. The summed E-state index contributed by atoms with van der Waals surface area (Å²) in [6.07, 6.45) is 0. The second-order valence-electron chi connectivity index (χ2n) is 4.82. The van der Waals surface area contributed by atoms with Crippen LogP contribution in [0.25, 0.3) is 0 Å². The molecule has 2 rings (SSSR count). The Hall–Kier alpha value is -1.70. The Morgan fingerprint density at radius 1 is 1.24 bits per heavy atom. The summed E-state index contributed by atoms with van der Waals surface area (Å²) in [5.41, 5.74) is 2.26. The third kappa shape index (κ3) is 3.69. The van der Waals surface area contributed by atoms with Crippen molar-refractivity contribution in [3.63, 3.8) is 0 Å². The minimum atomic E-state index is -3.58. The molecule has 2 aromatic rings. The van der Waals surface area contributed by atoms with Gasteiger partial charge in [-0.25, -0.2) is 13.1 Å². The number of sulfonamides is 1. The maximum Gasteiger partial charge on any atom is 0.241 e. The summed E-state index contributed by atoms with van der Waals surface area (Å²) >= 11 is 0. The highest BCUT2D eigenvalue weighted by atomic mass is 32.2. The summed E-state index contributed by atoms with van der Waals surface area (Å²) in [6, 6.07) is 6.96. The molecule has 0 saturated heterocycles. The van der Waals surface area contributed by atoms with E-state index in [1.165, 1.54) is 0 Å². The van der Waals surface area contributed by atoms with Crippen LogP contribution in [0.4, 0.5) is 0 Å². The van der Waals surface area contributed by atoms with Crippen LogP contribution in [0, 0.1) is 13.8 Å². The van der Waals surface area contributed by atoms with Crippen LogP contribution < -0.4 is 10.0 Å². The molecular weight excluding hydrogens is 290 g/mol. The smallest absolute Gasteiger partial charge is 0.241 e. The first kappa shape index (κ1) is 15.7. The summed E-state index contributed by atoms with van der Waals surface area (Å²) in [6.45, 7) is 4.30. The molecule has 0 bridgehead atoms. The fraction of sp³-hybridized carbons (Fsp3) is 0.357. The lowest BCUT2D eigenvalue weighted by Gasteiger charge is -2.12. The van der Waals surface area contributed by atoms with E-state index in [0.717, 1.165) is 11.1 Å². The number of nitrogens with one attached hydrogen (secondary N) is 2. The highest BCUT2D eigenvalue weighted by Crippen LogP contribution is 2.19. The van der Waals surface area contributed by atoms with E-state index in [0.29, 0.717) is 18.0 Å². The molecule has 0 fully saturated rings. The molecule has 0 saturated carbocycles. The standard InChI is InChI=1S/C14H19N3O3S/c1-10-7-13(17-20-10)9-16-21(18,19)14-6-4-5-12(8-15-3)11(14)2/h4-7,15-16H,8-9H2,1-3H3. The van der Waals surface area contributed by atoms with Crippen molar-refractivity contribution in [2.24, 2.45) is 0 Å². The SMILES string of the molecule is CNCc1cccc(S(=O)(=O)NCc2cc(C)on2)c1C. The Labute approximate surface area is 124 Å². The number of benzene rings is 1. The number of aromatic nitrogens is 1. The molecule has 1 heterocycles. The third-order valence-electron chi connectivity index (χ3n) is 3.17. The van der Waals surface area contributed by atoms with Crippen molar-refractivity contribution in [2.75, 3.05) is 7.05 Å². The molecule has 0 aliphatic carbocycles. The first-order valence-electron chi connectivity index (χ1n) is 6.59. The molecule has 0 atom stereocenters. The van der Waals surface area contributed by atoms with Crippen LogP contribution in [0.5, 0.6) is 0 Å². The van der Waals surface area contributed by atoms with Gasteiger partial charge in [0.15, 0.2) is 0 Å². The minimum Gasteiger partial charge on any atom is -0.361 e. The summed E-state index contributed by atoms with van der Waals surface area (Å²) in [5.74, 6) is 0.649. The zero-order valence-corrected chi connectivity index (χ0v) is 13.1. The number of hydrogen-bond donors (Lipinski definition) is 2. The van der Waals surface area contributed by atoms with E-state index in [4.69, 9.17) is 4.52 Å². The molecule has 2 N–H and O–H groups in total. The van der Waals surface area contributed by atoms with Gasteiger partial charge in [-0.2, -0.15) is 0 Å². The second-order valence-corrected chi connectivity index (χ2v) is 6.56. The van der Waals surface area contributed by atoms with Crippen molar-refractivity contribution >= 4 is 10.0 Å². The Morgan fingerprint density at radius 2 is 2.00 bits per heavy atom. The molecule has 0 aliphatic rings. The topological polar surface area (TPSA) is 84.2 Å². The van der Waals surface area contributed by atoms with Crippen molar-refractivity contribution in [1.82, 2.24) is 15.2 Å². The van der Waals surface area contributed by atoms with Crippen molar-refractivity contribution in [3.8, 4) is 0 Å². The molecule has 21 heavy (non-hydrogen) atoms. The van der Waals surface area contributed by atoms with Gasteiger partial charge < -0.3 is 9.84 Å². The van der Waals surface area contributed by atoms with Gasteiger partial charge in [-0.15, -0.1) is 0 Å². The number of rotatable bonds is 6. The average Bonchev–Trinajstić information content (AvgIpc) is 2.85. The van der Waals surface area contributed by atoms with Gasteiger partial charge in [-0.3, -0.25) is 0 Å². The lowest BCUT2D eigenvalue weighted by molar-refractivity contribution is 0.390. The number of nitrogens with zero attached hydrogens (tertiary/aromatic N) is 1. The molecule has 114 valence electrons. The van der Waals surface area contributed by atoms with Gasteiger partial charge in [0, 0.05) is 12.6 Å². The van der Waals surface area contributed by atoms with Crippen molar-refractivity contribution in [1.29, 1.82) is 0 Å². The van der Waals surface area contributed by atoms with E-state index < -0.39 is 10.0 Å². The molecule has 0 unspecified atom stereocenters. The van der Waals surface area contributed by atoms with Crippen LogP contribution in [-0.2, 0) is 23.1 Å². The molecule has 0 radical (unpaired) electrons. The molecular formula is C14H19N3O3S. The Bertz CT molecular complexity index is 723. The van der Waals surface area contributed by atoms with Crippen molar-refractivity contribution in [2.45, 2.75) is 31.8 Å². The average molecular weight is 309 g/mol. The Balaban J connectivity index is 2.21. The van der Waals surface area contributed by atoms with E-state index in [1.54, 1.807) is 25.1 Å². The van der Waals surface area contributed by atoms with Gasteiger partial charge in [0.2, 0.25) is 10.0 Å². The van der Waals surface area contributed by atoms with E-state index in [2.05, 4.69) is 15.2 Å². The molecule has 7 heteroatoms. The van der Waals surface area contributed by atoms with E-state index in [-0.39, 0.29) is 11.4 Å². The van der Waals surface area contributed by atoms with Crippen LogP contribution in [0.2, 0.25) is 0 Å². The third-order valence-corrected chi connectivity index (χ3v) is 4.72. The fourth-order valence-corrected chi connectivity index (χ4v) is 3.37. The van der Waals surface area contributed by atoms with Crippen LogP contribution >= 0.6 is 0 Å². The Kier molecular flexibility index (Phi) is 4.76. The Morgan fingerprint density at radius 3 is 2.62 bits per heavy atom. The predicted octanol–water partition coefficient (Wildman–Crippen LogP) is 1.49.